The Kier molecular flexibility index (Phi) is 4.28. The minimum atomic E-state index is -0.268. The van der Waals surface area contributed by atoms with Gasteiger partial charge >= 0.3 is 0 Å². The molecular weight excluding hydrogens is 352 g/mol. The molecule has 1 aliphatic heterocycles. The van der Waals surface area contributed by atoms with Gasteiger partial charge in [-0.2, -0.15) is 5.10 Å². The number of carbonyl (C=O) groups excluding carboxylic acids is 1. The predicted octanol–water partition coefficient (Wildman–Crippen LogP) is 3.86. The first-order valence-electron chi connectivity index (χ1n) is 8.56. The van der Waals surface area contributed by atoms with Gasteiger partial charge in [0.25, 0.3) is 0 Å². The van der Waals surface area contributed by atoms with Crippen LogP contribution >= 0.6 is 11.6 Å². The fourth-order valence-corrected chi connectivity index (χ4v) is 3.36. The topological polar surface area (TPSA) is 69.0 Å². The number of carbonyl (C=O) groups is 1. The average molecular weight is 371 g/mol. The van der Waals surface area contributed by atoms with Crippen molar-refractivity contribution in [2.24, 2.45) is 5.92 Å². The standard InChI is InChI=1S/C19H19ClN4O2/c1-11(2)24-18-13(8-22-24)7-16(9-21-18)23-19(25)14-5-12-6-15(20)3-4-17(12)26-10-14/h3-4,6-9,11,14H,5,10H2,1-2H3,(H,23,25)/t14-/m0/s1. The summed E-state index contributed by atoms with van der Waals surface area (Å²) in [6, 6.07) is 7.60. The first kappa shape index (κ1) is 16.8. The number of fused-ring (bicyclic) bond motifs is 2. The van der Waals surface area contributed by atoms with Crippen LogP contribution in [0.15, 0.2) is 36.7 Å². The Bertz CT molecular complexity index is 983. The highest BCUT2D eigenvalue weighted by Crippen LogP contribution is 2.30. The maximum absolute atomic E-state index is 12.6. The van der Waals surface area contributed by atoms with Crippen LogP contribution in [-0.4, -0.2) is 27.3 Å². The van der Waals surface area contributed by atoms with Crippen LogP contribution in [0.1, 0.15) is 25.5 Å². The molecule has 0 fully saturated rings. The maximum atomic E-state index is 12.6. The Labute approximate surface area is 156 Å². The molecule has 7 heteroatoms. The van der Waals surface area contributed by atoms with Gasteiger partial charge in [0.05, 0.1) is 24.0 Å². The van der Waals surface area contributed by atoms with E-state index in [2.05, 4.69) is 29.2 Å². The number of nitrogens with zero attached hydrogens (tertiary/aromatic N) is 3. The number of halogens is 1. The normalized spacial score (nSPS) is 16.4. The van der Waals surface area contributed by atoms with E-state index in [1.165, 1.54) is 0 Å². The fourth-order valence-electron chi connectivity index (χ4n) is 3.16. The molecule has 3 heterocycles. The molecule has 0 bridgehead atoms. The van der Waals surface area contributed by atoms with Crippen LogP contribution < -0.4 is 10.1 Å². The van der Waals surface area contributed by atoms with Crippen molar-refractivity contribution < 1.29 is 9.53 Å². The highest BCUT2D eigenvalue weighted by Gasteiger charge is 2.26. The van der Waals surface area contributed by atoms with E-state index in [4.69, 9.17) is 16.3 Å². The molecule has 0 aliphatic carbocycles. The SMILES string of the molecule is CC(C)n1ncc2cc(NC(=O)[C@@H]3COc4ccc(Cl)cc4C3)cnc21. The van der Waals surface area contributed by atoms with Crippen molar-refractivity contribution in [3.63, 3.8) is 0 Å². The Hall–Kier alpha value is -2.60. The molecule has 0 spiro atoms. The number of benzene rings is 1. The molecule has 1 atom stereocenters. The molecule has 1 N–H and O–H groups in total. The van der Waals surface area contributed by atoms with E-state index in [9.17, 15) is 4.79 Å². The Balaban J connectivity index is 1.51. The minimum absolute atomic E-state index is 0.0898. The summed E-state index contributed by atoms with van der Waals surface area (Å²) in [7, 11) is 0. The monoisotopic (exact) mass is 370 g/mol. The van der Waals surface area contributed by atoms with Crippen molar-refractivity contribution in [3.8, 4) is 5.75 Å². The molecule has 2 aromatic heterocycles. The molecule has 1 amide bonds. The van der Waals surface area contributed by atoms with Gasteiger partial charge in [0, 0.05) is 16.5 Å². The van der Waals surface area contributed by atoms with Crippen molar-refractivity contribution >= 4 is 34.2 Å². The van der Waals surface area contributed by atoms with E-state index in [-0.39, 0.29) is 17.9 Å². The van der Waals surface area contributed by atoms with Crippen LogP contribution in [0.5, 0.6) is 5.75 Å². The van der Waals surface area contributed by atoms with Gasteiger partial charge in [0.1, 0.15) is 12.4 Å². The van der Waals surface area contributed by atoms with Crippen LogP contribution in [0.4, 0.5) is 5.69 Å². The van der Waals surface area contributed by atoms with Crippen molar-refractivity contribution in [2.75, 3.05) is 11.9 Å². The highest BCUT2D eigenvalue weighted by atomic mass is 35.5. The molecule has 0 saturated carbocycles. The Morgan fingerprint density at radius 3 is 3.00 bits per heavy atom. The van der Waals surface area contributed by atoms with Crippen molar-refractivity contribution in [1.29, 1.82) is 0 Å². The fraction of sp³-hybridized carbons (Fsp3) is 0.316. The lowest BCUT2D eigenvalue weighted by Crippen LogP contribution is -2.32. The van der Waals surface area contributed by atoms with E-state index in [1.807, 2.05) is 22.9 Å². The molecular formula is C19H19ClN4O2. The van der Waals surface area contributed by atoms with Gasteiger partial charge in [-0.05, 0) is 50.1 Å². The summed E-state index contributed by atoms with van der Waals surface area (Å²) >= 11 is 6.04. The van der Waals surface area contributed by atoms with Gasteiger partial charge in [-0.15, -0.1) is 0 Å². The summed E-state index contributed by atoms with van der Waals surface area (Å²) in [4.78, 5) is 17.1. The van der Waals surface area contributed by atoms with Gasteiger partial charge in [-0.1, -0.05) is 11.6 Å². The number of nitrogens with one attached hydrogen (secondary N) is 1. The van der Waals surface area contributed by atoms with Gasteiger partial charge in [0.2, 0.25) is 5.91 Å². The maximum Gasteiger partial charge on any atom is 0.231 e. The number of pyridine rings is 1. The van der Waals surface area contributed by atoms with Crippen LogP contribution in [-0.2, 0) is 11.2 Å². The van der Waals surface area contributed by atoms with Crippen LogP contribution in [0, 0.1) is 5.92 Å². The lowest BCUT2D eigenvalue weighted by atomic mass is 9.96. The second kappa shape index (κ2) is 6.61. The highest BCUT2D eigenvalue weighted by molar-refractivity contribution is 6.30. The van der Waals surface area contributed by atoms with Crippen LogP contribution in [0.25, 0.3) is 11.0 Å². The summed E-state index contributed by atoms with van der Waals surface area (Å²) in [5.41, 5.74) is 2.42. The zero-order valence-electron chi connectivity index (χ0n) is 14.6. The summed E-state index contributed by atoms with van der Waals surface area (Å²) in [5, 5.41) is 8.82. The van der Waals surface area contributed by atoms with Gasteiger partial charge < -0.3 is 10.1 Å². The molecule has 0 unspecified atom stereocenters. The number of anilines is 1. The molecule has 3 aromatic rings. The lowest BCUT2D eigenvalue weighted by Gasteiger charge is -2.24. The third-order valence-electron chi connectivity index (χ3n) is 4.49. The largest absolute Gasteiger partial charge is 0.492 e. The zero-order valence-corrected chi connectivity index (χ0v) is 15.3. The molecule has 0 saturated heterocycles. The first-order valence-corrected chi connectivity index (χ1v) is 8.94. The van der Waals surface area contributed by atoms with E-state index in [0.717, 1.165) is 22.3 Å². The summed E-state index contributed by atoms with van der Waals surface area (Å²) in [5.74, 6) is 0.436. The molecule has 6 nitrogen and oxygen atoms in total. The molecule has 26 heavy (non-hydrogen) atoms. The zero-order chi connectivity index (χ0) is 18.3. The number of hydrogen-bond acceptors (Lipinski definition) is 4. The number of rotatable bonds is 3. The summed E-state index contributed by atoms with van der Waals surface area (Å²) in [6.45, 7) is 4.45. The van der Waals surface area contributed by atoms with E-state index >= 15 is 0 Å². The van der Waals surface area contributed by atoms with E-state index in [0.29, 0.717) is 23.7 Å². The lowest BCUT2D eigenvalue weighted by molar-refractivity contribution is -0.121. The Morgan fingerprint density at radius 1 is 1.35 bits per heavy atom. The Morgan fingerprint density at radius 2 is 2.19 bits per heavy atom. The van der Waals surface area contributed by atoms with Gasteiger partial charge in [0.15, 0.2) is 5.65 Å². The molecule has 4 rings (SSSR count). The average Bonchev–Trinajstić information content (AvgIpc) is 3.04. The first-order chi connectivity index (χ1) is 12.5. The van der Waals surface area contributed by atoms with Crippen molar-refractivity contribution in [2.45, 2.75) is 26.3 Å². The van der Waals surface area contributed by atoms with Gasteiger partial charge in [-0.3, -0.25) is 4.79 Å². The smallest absolute Gasteiger partial charge is 0.231 e. The minimum Gasteiger partial charge on any atom is -0.492 e. The van der Waals surface area contributed by atoms with Crippen LogP contribution in [0.3, 0.4) is 0 Å². The second-order valence-electron chi connectivity index (χ2n) is 6.77. The third kappa shape index (κ3) is 3.12. The van der Waals surface area contributed by atoms with E-state index < -0.39 is 0 Å². The molecule has 1 aliphatic rings. The molecule has 0 radical (unpaired) electrons. The summed E-state index contributed by atoms with van der Waals surface area (Å²) in [6.07, 6.45) is 4.03. The van der Waals surface area contributed by atoms with E-state index in [1.54, 1.807) is 18.5 Å². The van der Waals surface area contributed by atoms with Crippen molar-refractivity contribution in [3.05, 3.63) is 47.2 Å². The molecule has 1 aromatic carbocycles. The number of amides is 1. The number of aromatic nitrogens is 3. The summed E-state index contributed by atoms with van der Waals surface area (Å²) < 4.78 is 7.56. The predicted molar refractivity (Wildman–Crippen MR) is 101 cm³/mol. The van der Waals surface area contributed by atoms with Gasteiger partial charge in [-0.25, -0.2) is 9.67 Å². The molecule has 134 valence electrons. The van der Waals surface area contributed by atoms with Crippen LogP contribution in [0.2, 0.25) is 5.02 Å². The number of hydrogen-bond donors (Lipinski definition) is 1. The van der Waals surface area contributed by atoms with Crippen molar-refractivity contribution in [1.82, 2.24) is 14.8 Å². The quantitative estimate of drug-likeness (QED) is 0.760. The second-order valence-corrected chi connectivity index (χ2v) is 7.21. The third-order valence-corrected chi connectivity index (χ3v) is 4.72. The number of ether oxygens (including phenoxy) is 1.